The van der Waals surface area contributed by atoms with Crippen LogP contribution in [0.1, 0.15) is 11.1 Å². The molecule has 2 aromatic rings. The maximum absolute atomic E-state index is 13.0. The number of amidine groups is 1. The van der Waals surface area contributed by atoms with Crippen molar-refractivity contribution in [3.05, 3.63) is 59.4 Å². The van der Waals surface area contributed by atoms with E-state index in [2.05, 4.69) is 10.2 Å². The Morgan fingerprint density at radius 1 is 1.19 bits per heavy atom. The second-order valence-electron chi connectivity index (χ2n) is 5.63. The Morgan fingerprint density at radius 3 is 2.67 bits per heavy atom. The topological polar surface area (TPSA) is 63.5 Å². The van der Waals surface area contributed by atoms with Gasteiger partial charge < -0.3 is 9.47 Å². The average Bonchev–Trinajstić information content (AvgIpc) is 3.03. The predicted octanol–water partition coefficient (Wildman–Crippen LogP) is 3.31. The monoisotopic (exact) mass is 387 g/mol. The minimum absolute atomic E-state index is 0.0553. The van der Waals surface area contributed by atoms with Crippen LogP contribution in [0.5, 0.6) is 11.5 Å². The van der Waals surface area contributed by atoms with E-state index in [0.29, 0.717) is 29.0 Å². The molecule has 0 saturated carbocycles. The number of halogens is 1. The maximum Gasteiger partial charge on any atom is 0.239 e. The number of carbonyl (C=O) groups is 1. The van der Waals surface area contributed by atoms with Gasteiger partial charge in [-0.3, -0.25) is 9.69 Å². The van der Waals surface area contributed by atoms with Crippen molar-refractivity contribution >= 4 is 29.1 Å². The summed E-state index contributed by atoms with van der Waals surface area (Å²) in [7, 11) is 3.15. The summed E-state index contributed by atoms with van der Waals surface area (Å²) in [5.41, 5.74) is 1.56. The molecule has 3 rings (SSSR count). The molecule has 0 atom stereocenters. The lowest BCUT2D eigenvalue weighted by Crippen LogP contribution is -2.28. The number of thioether (sulfide) groups is 1. The third-order valence-electron chi connectivity index (χ3n) is 3.89. The Morgan fingerprint density at radius 2 is 1.96 bits per heavy atom. The molecule has 1 heterocycles. The van der Waals surface area contributed by atoms with Crippen LogP contribution in [0, 0.1) is 5.82 Å². The van der Waals surface area contributed by atoms with Crippen molar-refractivity contribution < 1.29 is 18.7 Å². The molecular weight excluding hydrogens is 369 g/mol. The molecule has 2 aromatic carbocycles. The van der Waals surface area contributed by atoms with Crippen LogP contribution in [0.15, 0.2) is 52.7 Å². The molecule has 0 spiro atoms. The largest absolute Gasteiger partial charge is 0.497 e. The van der Waals surface area contributed by atoms with Crippen LogP contribution in [-0.2, 0) is 11.3 Å². The molecule has 1 aliphatic heterocycles. The van der Waals surface area contributed by atoms with E-state index in [4.69, 9.17) is 9.47 Å². The van der Waals surface area contributed by atoms with Crippen molar-refractivity contribution in [2.45, 2.75) is 6.54 Å². The molecule has 8 heteroatoms. The SMILES string of the molecule is COc1ccc(C=NN=C2SCC(=O)N2Cc2ccc(F)cc2)c(OC)c1. The van der Waals surface area contributed by atoms with Crippen molar-refractivity contribution in [2.75, 3.05) is 20.0 Å². The molecule has 6 nitrogen and oxygen atoms in total. The molecule has 0 radical (unpaired) electrons. The summed E-state index contributed by atoms with van der Waals surface area (Å²) in [6.45, 7) is 0.326. The Kier molecular flexibility index (Phi) is 6.08. The van der Waals surface area contributed by atoms with Gasteiger partial charge >= 0.3 is 0 Å². The van der Waals surface area contributed by atoms with Crippen molar-refractivity contribution in [2.24, 2.45) is 10.2 Å². The van der Waals surface area contributed by atoms with Crippen LogP contribution in [0.25, 0.3) is 0 Å². The average molecular weight is 387 g/mol. The number of rotatable bonds is 6. The van der Waals surface area contributed by atoms with Crippen molar-refractivity contribution in [3.63, 3.8) is 0 Å². The first kappa shape index (κ1) is 18.9. The highest BCUT2D eigenvalue weighted by molar-refractivity contribution is 8.15. The number of hydrogen-bond donors (Lipinski definition) is 0. The van der Waals surface area contributed by atoms with Gasteiger partial charge in [-0.1, -0.05) is 23.9 Å². The second kappa shape index (κ2) is 8.68. The van der Waals surface area contributed by atoms with E-state index in [1.807, 2.05) is 6.07 Å². The zero-order valence-corrected chi connectivity index (χ0v) is 15.7. The molecule has 0 N–H and O–H groups in total. The molecule has 140 valence electrons. The van der Waals surface area contributed by atoms with E-state index in [1.54, 1.807) is 49.6 Å². The maximum atomic E-state index is 13.0. The number of nitrogens with zero attached hydrogens (tertiary/aromatic N) is 3. The third-order valence-corrected chi connectivity index (χ3v) is 4.84. The van der Waals surface area contributed by atoms with Gasteiger partial charge in [0.05, 0.1) is 32.7 Å². The van der Waals surface area contributed by atoms with Crippen LogP contribution >= 0.6 is 11.8 Å². The minimum atomic E-state index is -0.312. The first-order valence-corrected chi connectivity index (χ1v) is 9.10. The van der Waals surface area contributed by atoms with Gasteiger partial charge in [0, 0.05) is 11.6 Å². The Bertz CT molecular complexity index is 884. The van der Waals surface area contributed by atoms with Crippen molar-refractivity contribution in [1.82, 2.24) is 4.90 Å². The molecule has 0 aromatic heterocycles. The molecule has 1 fully saturated rings. The summed E-state index contributed by atoms with van der Waals surface area (Å²) in [5, 5.41) is 8.78. The lowest BCUT2D eigenvalue weighted by molar-refractivity contribution is -0.124. The first-order valence-electron chi connectivity index (χ1n) is 8.11. The van der Waals surface area contributed by atoms with E-state index in [1.165, 1.54) is 23.9 Å². The number of amides is 1. The Balaban J connectivity index is 1.76. The molecule has 0 aliphatic carbocycles. The lowest BCUT2D eigenvalue weighted by Gasteiger charge is -2.15. The van der Waals surface area contributed by atoms with Gasteiger partial charge in [0.2, 0.25) is 5.91 Å². The van der Waals surface area contributed by atoms with Gasteiger partial charge in [-0.2, -0.15) is 5.10 Å². The van der Waals surface area contributed by atoms with E-state index in [0.717, 1.165) is 11.1 Å². The quantitative estimate of drug-likeness (QED) is 0.564. The number of methoxy groups -OCH3 is 2. The first-order chi connectivity index (χ1) is 13.1. The highest BCUT2D eigenvalue weighted by Crippen LogP contribution is 2.24. The molecule has 1 aliphatic rings. The van der Waals surface area contributed by atoms with Gasteiger partial charge in [0.1, 0.15) is 17.3 Å². The van der Waals surface area contributed by atoms with Crippen LogP contribution in [0.3, 0.4) is 0 Å². The summed E-state index contributed by atoms with van der Waals surface area (Å²) in [6, 6.07) is 11.4. The number of carbonyl (C=O) groups excluding carboxylic acids is 1. The van der Waals surface area contributed by atoms with Crippen LogP contribution in [0.2, 0.25) is 0 Å². The fraction of sp³-hybridized carbons (Fsp3) is 0.211. The van der Waals surface area contributed by atoms with Crippen LogP contribution in [-0.4, -0.2) is 42.2 Å². The number of benzene rings is 2. The van der Waals surface area contributed by atoms with Crippen LogP contribution < -0.4 is 9.47 Å². The number of hydrogen-bond acceptors (Lipinski definition) is 6. The Hall–Kier alpha value is -2.87. The molecular formula is C19H18FN3O3S. The highest BCUT2D eigenvalue weighted by Gasteiger charge is 2.28. The predicted molar refractivity (Wildman–Crippen MR) is 104 cm³/mol. The third kappa shape index (κ3) is 4.65. The van der Waals surface area contributed by atoms with Crippen molar-refractivity contribution in [3.8, 4) is 11.5 Å². The fourth-order valence-corrected chi connectivity index (χ4v) is 3.30. The molecule has 1 amide bonds. The van der Waals surface area contributed by atoms with Gasteiger partial charge in [0.15, 0.2) is 5.17 Å². The summed E-state index contributed by atoms with van der Waals surface area (Å²) in [4.78, 5) is 13.7. The number of ether oxygens (including phenoxy) is 2. The highest BCUT2D eigenvalue weighted by atomic mass is 32.2. The zero-order chi connectivity index (χ0) is 19.2. The van der Waals surface area contributed by atoms with E-state index >= 15 is 0 Å². The molecule has 27 heavy (non-hydrogen) atoms. The lowest BCUT2D eigenvalue weighted by atomic mass is 10.2. The second-order valence-corrected chi connectivity index (χ2v) is 6.57. The van der Waals surface area contributed by atoms with Gasteiger partial charge in [-0.25, -0.2) is 4.39 Å². The smallest absolute Gasteiger partial charge is 0.239 e. The van der Waals surface area contributed by atoms with Crippen molar-refractivity contribution in [1.29, 1.82) is 0 Å². The minimum Gasteiger partial charge on any atom is -0.497 e. The standard InChI is InChI=1S/C19H18FN3O3S/c1-25-16-8-5-14(17(9-16)26-2)10-21-22-19-23(18(24)12-27-19)11-13-3-6-15(20)7-4-13/h3-10H,11-12H2,1-2H3. The van der Waals surface area contributed by atoms with Crippen LogP contribution in [0.4, 0.5) is 4.39 Å². The fourth-order valence-electron chi connectivity index (χ4n) is 2.47. The zero-order valence-electron chi connectivity index (χ0n) is 14.9. The van der Waals surface area contributed by atoms with Gasteiger partial charge in [0.25, 0.3) is 0 Å². The molecule has 1 saturated heterocycles. The normalized spacial score (nSPS) is 15.7. The van der Waals surface area contributed by atoms with E-state index in [-0.39, 0.29) is 11.7 Å². The summed E-state index contributed by atoms with van der Waals surface area (Å²) >= 11 is 1.32. The van der Waals surface area contributed by atoms with Gasteiger partial charge in [-0.05, 0) is 29.8 Å². The molecule has 0 unspecified atom stereocenters. The Labute approximate surface area is 160 Å². The summed E-state index contributed by atoms with van der Waals surface area (Å²) in [6.07, 6.45) is 1.56. The van der Waals surface area contributed by atoms with Gasteiger partial charge in [-0.15, -0.1) is 5.10 Å². The van der Waals surface area contributed by atoms with E-state index < -0.39 is 0 Å². The summed E-state index contributed by atoms with van der Waals surface area (Å²) in [5.74, 6) is 1.23. The summed E-state index contributed by atoms with van der Waals surface area (Å²) < 4.78 is 23.5. The van der Waals surface area contributed by atoms with E-state index in [9.17, 15) is 9.18 Å². The molecule has 0 bridgehead atoms.